The number of para-hydroxylation sites is 2. The summed E-state index contributed by atoms with van der Waals surface area (Å²) in [5.74, 6) is 0.0614. The number of fused-ring (bicyclic) bond motifs is 1. The second-order valence-corrected chi connectivity index (χ2v) is 6.02. The molecule has 0 radical (unpaired) electrons. The Morgan fingerprint density at radius 3 is 2.14 bits per heavy atom. The van der Waals surface area contributed by atoms with Crippen molar-refractivity contribution in [3.8, 4) is 0 Å². The molecule has 5 nitrogen and oxygen atoms in total. The molecular weight excluding hydrogens is 268 g/mol. The van der Waals surface area contributed by atoms with Gasteiger partial charge in [-0.05, 0) is 32.9 Å². The van der Waals surface area contributed by atoms with E-state index in [1.807, 2.05) is 52.0 Å². The minimum absolute atomic E-state index is 0.0614. The molecule has 0 aromatic heterocycles. The SMILES string of the molecule is CCC(=O)N1CCN(C(=O)OC(C)(C)C)c2ccccc21. The van der Waals surface area contributed by atoms with Gasteiger partial charge in [0.05, 0.1) is 11.4 Å². The maximum Gasteiger partial charge on any atom is 0.414 e. The summed E-state index contributed by atoms with van der Waals surface area (Å²) in [6.07, 6.45) is 0.0689. The highest BCUT2D eigenvalue weighted by molar-refractivity contribution is 6.02. The Kier molecular flexibility index (Phi) is 4.21. The molecule has 0 spiro atoms. The first-order valence-electron chi connectivity index (χ1n) is 7.23. The van der Waals surface area contributed by atoms with Crippen LogP contribution in [0, 0.1) is 0 Å². The molecule has 0 saturated carbocycles. The lowest BCUT2D eigenvalue weighted by Crippen LogP contribution is -2.47. The van der Waals surface area contributed by atoms with Crippen molar-refractivity contribution >= 4 is 23.4 Å². The molecule has 0 fully saturated rings. The Hall–Kier alpha value is -2.04. The third kappa shape index (κ3) is 3.35. The summed E-state index contributed by atoms with van der Waals surface area (Å²) in [5, 5.41) is 0. The van der Waals surface area contributed by atoms with Crippen LogP contribution in [0.4, 0.5) is 16.2 Å². The summed E-state index contributed by atoms with van der Waals surface area (Å²) in [4.78, 5) is 27.7. The van der Waals surface area contributed by atoms with Gasteiger partial charge in [-0.1, -0.05) is 19.1 Å². The van der Waals surface area contributed by atoms with Gasteiger partial charge >= 0.3 is 6.09 Å². The molecule has 1 aliphatic rings. The Morgan fingerprint density at radius 2 is 1.62 bits per heavy atom. The molecule has 0 saturated heterocycles. The highest BCUT2D eigenvalue weighted by atomic mass is 16.6. The van der Waals surface area contributed by atoms with Crippen molar-refractivity contribution in [2.24, 2.45) is 0 Å². The van der Waals surface area contributed by atoms with E-state index in [1.54, 1.807) is 9.80 Å². The van der Waals surface area contributed by atoms with Crippen LogP contribution >= 0.6 is 0 Å². The van der Waals surface area contributed by atoms with Gasteiger partial charge < -0.3 is 9.64 Å². The number of nitrogens with zero attached hydrogens (tertiary/aromatic N) is 2. The number of anilines is 2. The van der Waals surface area contributed by atoms with Crippen molar-refractivity contribution in [1.82, 2.24) is 0 Å². The molecule has 2 amide bonds. The van der Waals surface area contributed by atoms with Crippen LogP contribution in [-0.2, 0) is 9.53 Å². The molecule has 0 unspecified atom stereocenters. The number of hydrogen-bond acceptors (Lipinski definition) is 3. The molecular formula is C16H22N2O3. The lowest BCUT2D eigenvalue weighted by molar-refractivity contribution is -0.118. The topological polar surface area (TPSA) is 49.9 Å². The second kappa shape index (κ2) is 5.76. The van der Waals surface area contributed by atoms with Crippen molar-refractivity contribution < 1.29 is 14.3 Å². The van der Waals surface area contributed by atoms with Gasteiger partial charge in [0, 0.05) is 19.5 Å². The number of carbonyl (C=O) groups excluding carboxylic acids is 2. The third-order valence-corrected chi connectivity index (χ3v) is 3.23. The molecule has 1 aromatic rings. The van der Waals surface area contributed by atoms with Gasteiger partial charge in [-0.2, -0.15) is 0 Å². The number of amides is 2. The standard InChI is InChI=1S/C16H22N2O3/c1-5-14(19)17-10-11-18(15(20)21-16(2,3)4)13-9-7-6-8-12(13)17/h6-9H,5,10-11H2,1-4H3. The maximum absolute atomic E-state index is 12.3. The van der Waals surface area contributed by atoms with Crippen molar-refractivity contribution in [1.29, 1.82) is 0 Å². The zero-order valence-corrected chi connectivity index (χ0v) is 13.0. The Balaban J connectivity index is 2.31. The van der Waals surface area contributed by atoms with Crippen molar-refractivity contribution in [3.63, 3.8) is 0 Å². The van der Waals surface area contributed by atoms with E-state index in [2.05, 4.69) is 0 Å². The summed E-state index contributed by atoms with van der Waals surface area (Å²) in [6, 6.07) is 7.43. The molecule has 1 aliphatic heterocycles. The van der Waals surface area contributed by atoms with E-state index in [4.69, 9.17) is 4.74 Å². The van der Waals surface area contributed by atoms with E-state index in [0.29, 0.717) is 19.5 Å². The molecule has 0 bridgehead atoms. The van der Waals surface area contributed by atoms with Crippen molar-refractivity contribution in [2.75, 3.05) is 22.9 Å². The monoisotopic (exact) mass is 290 g/mol. The first kappa shape index (κ1) is 15.4. The van der Waals surface area contributed by atoms with Gasteiger partial charge in [0.15, 0.2) is 0 Å². The average Bonchev–Trinajstić information content (AvgIpc) is 2.43. The fraction of sp³-hybridized carbons (Fsp3) is 0.500. The number of carbonyl (C=O) groups is 2. The molecule has 21 heavy (non-hydrogen) atoms. The van der Waals surface area contributed by atoms with Crippen LogP contribution < -0.4 is 9.80 Å². The van der Waals surface area contributed by atoms with Gasteiger partial charge in [0.2, 0.25) is 5.91 Å². The number of benzene rings is 1. The minimum Gasteiger partial charge on any atom is -0.443 e. The van der Waals surface area contributed by atoms with Gasteiger partial charge in [-0.3, -0.25) is 9.69 Å². The molecule has 0 N–H and O–H groups in total. The average molecular weight is 290 g/mol. The van der Waals surface area contributed by atoms with Gasteiger partial charge in [-0.25, -0.2) is 4.79 Å². The third-order valence-electron chi connectivity index (χ3n) is 3.23. The van der Waals surface area contributed by atoms with Crippen LogP contribution in [0.1, 0.15) is 34.1 Å². The Labute approximate surface area is 125 Å². The zero-order chi connectivity index (χ0) is 15.6. The Bertz CT molecular complexity index is 549. The summed E-state index contributed by atoms with van der Waals surface area (Å²) in [7, 11) is 0. The fourth-order valence-corrected chi connectivity index (χ4v) is 2.32. The quantitative estimate of drug-likeness (QED) is 0.798. The highest BCUT2D eigenvalue weighted by Gasteiger charge is 2.31. The maximum atomic E-state index is 12.3. The normalized spacial score (nSPS) is 14.7. The second-order valence-electron chi connectivity index (χ2n) is 6.02. The molecule has 1 aromatic carbocycles. The van der Waals surface area contributed by atoms with Crippen LogP contribution in [0.25, 0.3) is 0 Å². The van der Waals surface area contributed by atoms with Crippen LogP contribution in [0.5, 0.6) is 0 Å². The molecule has 0 atom stereocenters. The van der Waals surface area contributed by atoms with Crippen molar-refractivity contribution in [2.45, 2.75) is 39.7 Å². The van der Waals surface area contributed by atoms with E-state index in [0.717, 1.165) is 11.4 Å². The number of hydrogen-bond donors (Lipinski definition) is 0. The van der Waals surface area contributed by atoms with Crippen LogP contribution in [0.3, 0.4) is 0 Å². The molecule has 0 aliphatic carbocycles. The lowest BCUT2D eigenvalue weighted by atomic mass is 10.1. The molecule has 1 heterocycles. The van der Waals surface area contributed by atoms with Gasteiger partial charge in [-0.15, -0.1) is 0 Å². The molecule has 114 valence electrons. The zero-order valence-electron chi connectivity index (χ0n) is 13.0. The minimum atomic E-state index is -0.539. The van der Waals surface area contributed by atoms with Gasteiger partial charge in [0.25, 0.3) is 0 Å². The van der Waals surface area contributed by atoms with Crippen LogP contribution in [-0.4, -0.2) is 30.7 Å². The fourth-order valence-electron chi connectivity index (χ4n) is 2.32. The summed E-state index contributed by atoms with van der Waals surface area (Å²) >= 11 is 0. The lowest BCUT2D eigenvalue weighted by Gasteiger charge is -2.37. The van der Waals surface area contributed by atoms with E-state index >= 15 is 0 Å². The molecule has 5 heteroatoms. The number of rotatable bonds is 1. The van der Waals surface area contributed by atoms with Crippen molar-refractivity contribution in [3.05, 3.63) is 24.3 Å². The smallest absolute Gasteiger partial charge is 0.414 e. The first-order valence-corrected chi connectivity index (χ1v) is 7.23. The van der Waals surface area contributed by atoms with Crippen LogP contribution in [0.15, 0.2) is 24.3 Å². The first-order chi connectivity index (χ1) is 9.83. The van der Waals surface area contributed by atoms with Crippen LogP contribution in [0.2, 0.25) is 0 Å². The summed E-state index contributed by atoms with van der Waals surface area (Å²) in [6.45, 7) is 8.29. The largest absolute Gasteiger partial charge is 0.443 e. The highest BCUT2D eigenvalue weighted by Crippen LogP contribution is 2.34. The molecule has 2 rings (SSSR count). The van der Waals surface area contributed by atoms with E-state index < -0.39 is 5.60 Å². The predicted octanol–water partition coefficient (Wildman–Crippen LogP) is 3.18. The van der Waals surface area contributed by atoms with E-state index in [1.165, 1.54) is 0 Å². The predicted molar refractivity (Wildman–Crippen MR) is 82.7 cm³/mol. The Morgan fingerprint density at radius 1 is 1.10 bits per heavy atom. The summed E-state index contributed by atoms with van der Waals surface area (Å²) < 4.78 is 5.44. The summed E-state index contributed by atoms with van der Waals surface area (Å²) in [5.41, 5.74) is 0.948. The van der Waals surface area contributed by atoms with E-state index in [-0.39, 0.29) is 12.0 Å². The van der Waals surface area contributed by atoms with E-state index in [9.17, 15) is 9.59 Å². The van der Waals surface area contributed by atoms with Gasteiger partial charge in [0.1, 0.15) is 5.60 Å². The number of ether oxygens (including phenoxy) is 1.